The van der Waals surface area contributed by atoms with Crippen LogP contribution in [0.4, 0.5) is 23.7 Å². The Balaban J connectivity index is 2.56. The molecule has 0 aliphatic heterocycles. The Morgan fingerprint density at radius 3 is 2.52 bits per heavy atom. The number of hydrogen-bond acceptors (Lipinski definition) is 2. The van der Waals surface area contributed by atoms with Crippen LogP contribution in [-0.4, -0.2) is 29.8 Å². The average molecular weight is 325 g/mol. The average Bonchev–Trinajstić information content (AvgIpc) is 2.33. The van der Waals surface area contributed by atoms with Gasteiger partial charge in [0.15, 0.2) is 0 Å². The summed E-state index contributed by atoms with van der Waals surface area (Å²) in [6.07, 6.45) is -5.55. The Labute approximate surface area is 123 Å². The first-order chi connectivity index (χ1) is 9.70. The van der Waals surface area contributed by atoms with Gasteiger partial charge in [0, 0.05) is 13.0 Å². The van der Waals surface area contributed by atoms with Gasteiger partial charge in [-0.05, 0) is 18.6 Å². The molecule has 0 aromatic heterocycles. The lowest BCUT2D eigenvalue weighted by Crippen LogP contribution is -2.30. The van der Waals surface area contributed by atoms with Crippen molar-refractivity contribution in [3.05, 3.63) is 28.8 Å². The van der Waals surface area contributed by atoms with Crippen LogP contribution >= 0.6 is 11.6 Å². The number of nitrogens with one attached hydrogen (secondary N) is 2. The van der Waals surface area contributed by atoms with Gasteiger partial charge < -0.3 is 15.7 Å². The molecule has 1 aromatic carbocycles. The van der Waals surface area contributed by atoms with Crippen molar-refractivity contribution in [2.75, 3.05) is 11.9 Å². The van der Waals surface area contributed by atoms with E-state index in [1.807, 2.05) is 0 Å². The second-order valence-corrected chi connectivity index (χ2v) is 4.47. The molecule has 0 unspecified atom stereocenters. The normalized spacial score (nSPS) is 11.0. The maximum atomic E-state index is 11.9. The lowest BCUT2D eigenvalue weighted by molar-refractivity contribution is -0.135. The zero-order chi connectivity index (χ0) is 16.0. The topological polar surface area (TPSA) is 78.4 Å². The second kappa shape index (κ2) is 7.16. The third-order valence-corrected chi connectivity index (χ3v) is 2.71. The summed E-state index contributed by atoms with van der Waals surface area (Å²) in [5.41, 5.74) is -0.326. The Hall–Kier alpha value is -1.96. The van der Waals surface area contributed by atoms with Gasteiger partial charge in [-0.25, -0.2) is 9.59 Å². The Morgan fingerprint density at radius 1 is 1.29 bits per heavy atom. The van der Waals surface area contributed by atoms with Crippen molar-refractivity contribution in [2.24, 2.45) is 0 Å². The van der Waals surface area contributed by atoms with E-state index in [0.717, 1.165) is 0 Å². The maximum absolute atomic E-state index is 11.9. The lowest BCUT2D eigenvalue weighted by Gasteiger charge is -2.11. The van der Waals surface area contributed by atoms with E-state index in [9.17, 15) is 22.8 Å². The first-order valence-electron chi connectivity index (χ1n) is 5.84. The summed E-state index contributed by atoms with van der Waals surface area (Å²) in [4.78, 5) is 22.5. The highest BCUT2D eigenvalue weighted by Crippen LogP contribution is 2.24. The molecular formula is C12H12ClF3N2O3. The van der Waals surface area contributed by atoms with Gasteiger partial charge in [0.1, 0.15) is 5.56 Å². The highest BCUT2D eigenvalue weighted by Gasteiger charge is 2.26. The summed E-state index contributed by atoms with van der Waals surface area (Å²) in [5.74, 6) is -1.33. The van der Waals surface area contributed by atoms with Gasteiger partial charge >= 0.3 is 18.2 Å². The molecular weight excluding hydrogens is 313 g/mol. The molecule has 21 heavy (non-hydrogen) atoms. The molecule has 9 heteroatoms. The minimum Gasteiger partial charge on any atom is -0.478 e. The number of benzene rings is 1. The highest BCUT2D eigenvalue weighted by atomic mass is 35.5. The number of urea groups is 1. The predicted molar refractivity (Wildman–Crippen MR) is 70.7 cm³/mol. The number of amides is 2. The third-order valence-electron chi connectivity index (χ3n) is 2.40. The van der Waals surface area contributed by atoms with Crippen LogP contribution in [0.15, 0.2) is 18.2 Å². The Bertz CT molecular complexity index is 535. The summed E-state index contributed by atoms with van der Waals surface area (Å²) in [7, 11) is 0. The number of halogens is 4. The summed E-state index contributed by atoms with van der Waals surface area (Å²) in [6, 6.07) is 3.30. The molecule has 1 rings (SSSR count). The third kappa shape index (κ3) is 5.90. The molecule has 2 amide bonds. The first kappa shape index (κ1) is 17.1. The van der Waals surface area contributed by atoms with Crippen molar-refractivity contribution in [1.82, 2.24) is 5.32 Å². The molecule has 116 valence electrons. The molecule has 0 heterocycles. The minimum absolute atomic E-state index is 0.0386. The maximum Gasteiger partial charge on any atom is 0.389 e. The van der Waals surface area contributed by atoms with Crippen LogP contribution < -0.4 is 10.6 Å². The van der Waals surface area contributed by atoms with Crippen molar-refractivity contribution >= 4 is 29.3 Å². The molecule has 0 atom stereocenters. The van der Waals surface area contributed by atoms with Crippen LogP contribution in [0.3, 0.4) is 0 Å². The summed E-state index contributed by atoms with van der Waals surface area (Å²) in [6.45, 7) is -0.186. The number of aromatic carboxylic acids is 1. The van der Waals surface area contributed by atoms with E-state index >= 15 is 0 Å². The zero-order valence-electron chi connectivity index (χ0n) is 10.6. The summed E-state index contributed by atoms with van der Waals surface area (Å²) in [5, 5.41) is 13.4. The van der Waals surface area contributed by atoms with Gasteiger partial charge in [-0.1, -0.05) is 17.7 Å². The van der Waals surface area contributed by atoms with Crippen LogP contribution in [0.1, 0.15) is 23.2 Å². The van der Waals surface area contributed by atoms with Gasteiger partial charge in [-0.2, -0.15) is 13.2 Å². The van der Waals surface area contributed by atoms with Crippen LogP contribution in [0.2, 0.25) is 5.02 Å². The van der Waals surface area contributed by atoms with E-state index in [2.05, 4.69) is 10.6 Å². The Kier molecular flexibility index (Phi) is 5.83. The van der Waals surface area contributed by atoms with E-state index in [1.165, 1.54) is 18.2 Å². The molecule has 0 saturated heterocycles. The summed E-state index contributed by atoms with van der Waals surface area (Å²) >= 11 is 5.71. The van der Waals surface area contributed by atoms with Gasteiger partial charge in [0.05, 0.1) is 10.7 Å². The number of carboxylic acid groups (broad SMARTS) is 1. The molecule has 0 aliphatic carbocycles. The fourth-order valence-electron chi connectivity index (χ4n) is 1.50. The fraction of sp³-hybridized carbons (Fsp3) is 0.333. The number of alkyl halides is 3. The molecule has 3 N–H and O–H groups in total. The fourth-order valence-corrected chi connectivity index (χ4v) is 1.76. The van der Waals surface area contributed by atoms with E-state index in [1.54, 1.807) is 0 Å². The van der Waals surface area contributed by atoms with E-state index in [-0.39, 0.29) is 29.2 Å². The van der Waals surface area contributed by atoms with Crippen molar-refractivity contribution < 1.29 is 27.9 Å². The second-order valence-electron chi connectivity index (χ2n) is 4.07. The highest BCUT2D eigenvalue weighted by molar-refractivity contribution is 6.34. The lowest BCUT2D eigenvalue weighted by atomic mass is 10.2. The van der Waals surface area contributed by atoms with Crippen LogP contribution in [0.25, 0.3) is 0 Å². The molecule has 0 fully saturated rings. The van der Waals surface area contributed by atoms with Crippen molar-refractivity contribution in [1.29, 1.82) is 0 Å². The molecule has 5 nitrogen and oxygen atoms in total. The molecule has 0 bridgehead atoms. The minimum atomic E-state index is -4.28. The molecule has 0 radical (unpaired) electrons. The van der Waals surface area contributed by atoms with Crippen LogP contribution in [0.5, 0.6) is 0 Å². The largest absolute Gasteiger partial charge is 0.478 e. The molecule has 0 spiro atoms. The molecule has 0 saturated carbocycles. The first-order valence-corrected chi connectivity index (χ1v) is 6.22. The van der Waals surface area contributed by atoms with Crippen molar-refractivity contribution in [2.45, 2.75) is 19.0 Å². The smallest absolute Gasteiger partial charge is 0.389 e. The van der Waals surface area contributed by atoms with Crippen molar-refractivity contribution in [3.8, 4) is 0 Å². The monoisotopic (exact) mass is 324 g/mol. The van der Waals surface area contributed by atoms with Crippen molar-refractivity contribution in [3.63, 3.8) is 0 Å². The zero-order valence-corrected chi connectivity index (χ0v) is 11.4. The van der Waals surface area contributed by atoms with Gasteiger partial charge in [-0.3, -0.25) is 0 Å². The van der Waals surface area contributed by atoms with Gasteiger partial charge in [0.25, 0.3) is 0 Å². The number of hydrogen-bond donors (Lipinski definition) is 3. The van der Waals surface area contributed by atoms with Crippen LogP contribution in [0, 0.1) is 0 Å². The van der Waals surface area contributed by atoms with E-state index < -0.39 is 24.6 Å². The predicted octanol–water partition coefficient (Wildman–Crippen LogP) is 3.50. The number of carbonyl (C=O) groups is 2. The van der Waals surface area contributed by atoms with Crippen LogP contribution in [-0.2, 0) is 0 Å². The molecule has 1 aromatic rings. The quantitative estimate of drug-likeness (QED) is 0.725. The summed E-state index contributed by atoms with van der Waals surface area (Å²) < 4.78 is 35.7. The van der Waals surface area contributed by atoms with Gasteiger partial charge in [-0.15, -0.1) is 0 Å². The Morgan fingerprint density at radius 2 is 1.95 bits per heavy atom. The number of carboxylic acids is 1. The van der Waals surface area contributed by atoms with E-state index in [0.29, 0.717) is 0 Å². The number of anilines is 1. The molecule has 0 aliphatic rings. The SMILES string of the molecule is O=C(NCCCC(F)(F)F)Nc1cccc(Cl)c1C(=O)O. The van der Waals surface area contributed by atoms with Gasteiger partial charge in [0.2, 0.25) is 0 Å². The number of carbonyl (C=O) groups excluding carboxylic acids is 1. The van der Waals surface area contributed by atoms with E-state index in [4.69, 9.17) is 16.7 Å². The number of rotatable bonds is 5. The standard InChI is InChI=1S/C12H12ClF3N2O3/c13-7-3-1-4-8(9(7)10(19)20)18-11(21)17-6-2-5-12(14,15)16/h1,3-4H,2,5-6H2,(H,19,20)(H2,17,18,21).